The molecule has 2 atom stereocenters. The summed E-state index contributed by atoms with van der Waals surface area (Å²) < 4.78 is 16.0. The van der Waals surface area contributed by atoms with Gasteiger partial charge in [0.2, 0.25) is 6.79 Å². The standard InChI is InChI=1S/C19H18O4/c1-21-14-5-2-12(3-6-14)19-15(7-8-16(19)20)13-4-9-17-18(10-13)23-11-22-17/h2-6,9-10,15,19H,7-8,11H2,1H3/t15-,19-/m0/s1. The molecule has 0 unspecified atom stereocenters. The fourth-order valence-electron chi connectivity index (χ4n) is 3.58. The second kappa shape index (κ2) is 5.61. The topological polar surface area (TPSA) is 44.8 Å². The van der Waals surface area contributed by atoms with Crippen LogP contribution >= 0.6 is 0 Å². The predicted molar refractivity (Wildman–Crippen MR) is 85.3 cm³/mol. The Kier molecular flexibility index (Phi) is 3.45. The van der Waals surface area contributed by atoms with Gasteiger partial charge in [0, 0.05) is 12.3 Å². The van der Waals surface area contributed by atoms with E-state index in [2.05, 4.69) is 0 Å². The van der Waals surface area contributed by atoms with E-state index in [0.717, 1.165) is 34.8 Å². The molecule has 2 aromatic rings. The van der Waals surface area contributed by atoms with E-state index in [4.69, 9.17) is 14.2 Å². The van der Waals surface area contributed by atoms with Crippen LogP contribution in [0.4, 0.5) is 0 Å². The van der Waals surface area contributed by atoms with Gasteiger partial charge in [-0.05, 0) is 47.7 Å². The van der Waals surface area contributed by atoms with Gasteiger partial charge in [0.25, 0.3) is 0 Å². The van der Waals surface area contributed by atoms with Crippen molar-refractivity contribution >= 4 is 5.78 Å². The van der Waals surface area contributed by atoms with Crippen molar-refractivity contribution < 1.29 is 19.0 Å². The first-order valence-electron chi connectivity index (χ1n) is 7.82. The Morgan fingerprint density at radius 1 is 1.00 bits per heavy atom. The van der Waals surface area contributed by atoms with Crippen molar-refractivity contribution in [3.05, 3.63) is 53.6 Å². The second-order valence-electron chi connectivity index (χ2n) is 5.98. The maximum absolute atomic E-state index is 12.5. The number of ketones is 1. The molecule has 1 aliphatic heterocycles. The average molecular weight is 310 g/mol. The molecule has 4 heteroatoms. The Labute approximate surface area is 135 Å². The number of ether oxygens (including phenoxy) is 3. The number of Topliss-reactive ketones (excluding diaryl/α,β-unsaturated/α-hetero) is 1. The third-order valence-corrected chi connectivity index (χ3v) is 4.75. The van der Waals surface area contributed by atoms with Crippen LogP contribution < -0.4 is 14.2 Å². The zero-order valence-electron chi connectivity index (χ0n) is 13.0. The SMILES string of the molecule is COc1ccc([C@@H]2C(=O)CC[C@H]2c2ccc3c(c2)OCO3)cc1. The lowest BCUT2D eigenvalue weighted by Crippen LogP contribution is -2.11. The monoisotopic (exact) mass is 310 g/mol. The summed E-state index contributed by atoms with van der Waals surface area (Å²) in [6, 6.07) is 13.8. The molecule has 118 valence electrons. The molecule has 2 aromatic carbocycles. The summed E-state index contributed by atoms with van der Waals surface area (Å²) in [5.74, 6) is 2.75. The van der Waals surface area contributed by atoms with Gasteiger partial charge >= 0.3 is 0 Å². The molecule has 1 fully saturated rings. The Balaban J connectivity index is 1.68. The van der Waals surface area contributed by atoms with Gasteiger partial charge < -0.3 is 14.2 Å². The smallest absolute Gasteiger partial charge is 0.231 e. The van der Waals surface area contributed by atoms with Crippen LogP contribution in [0.15, 0.2) is 42.5 Å². The van der Waals surface area contributed by atoms with Crippen LogP contribution in [0.1, 0.15) is 35.8 Å². The number of benzene rings is 2. The van der Waals surface area contributed by atoms with Crippen molar-refractivity contribution in [2.45, 2.75) is 24.7 Å². The lowest BCUT2D eigenvalue weighted by molar-refractivity contribution is -0.118. The number of methoxy groups -OCH3 is 1. The summed E-state index contributed by atoms with van der Waals surface area (Å²) in [4.78, 5) is 12.5. The summed E-state index contributed by atoms with van der Waals surface area (Å²) in [6.45, 7) is 0.268. The molecule has 0 saturated heterocycles. The molecule has 23 heavy (non-hydrogen) atoms. The van der Waals surface area contributed by atoms with Gasteiger partial charge in [0.1, 0.15) is 11.5 Å². The molecular formula is C19H18O4. The average Bonchev–Trinajstić information content (AvgIpc) is 3.20. The molecule has 4 nitrogen and oxygen atoms in total. The molecule has 0 amide bonds. The number of rotatable bonds is 3. The van der Waals surface area contributed by atoms with E-state index >= 15 is 0 Å². The molecule has 1 heterocycles. The van der Waals surface area contributed by atoms with Gasteiger partial charge in [0.15, 0.2) is 11.5 Å². The molecule has 0 spiro atoms. The summed E-state index contributed by atoms with van der Waals surface area (Å²) in [6.07, 6.45) is 1.49. The van der Waals surface area contributed by atoms with Crippen LogP contribution in [0, 0.1) is 0 Å². The highest BCUT2D eigenvalue weighted by Crippen LogP contribution is 2.46. The van der Waals surface area contributed by atoms with Crippen molar-refractivity contribution in [2.75, 3.05) is 13.9 Å². The van der Waals surface area contributed by atoms with E-state index in [-0.39, 0.29) is 18.6 Å². The minimum Gasteiger partial charge on any atom is -0.497 e. The number of fused-ring (bicyclic) bond motifs is 1. The van der Waals surface area contributed by atoms with Crippen LogP contribution in [0.5, 0.6) is 17.2 Å². The van der Waals surface area contributed by atoms with Crippen LogP contribution in [0.2, 0.25) is 0 Å². The van der Waals surface area contributed by atoms with E-state index < -0.39 is 0 Å². The third kappa shape index (κ3) is 2.44. The Bertz CT molecular complexity index is 736. The van der Waals surface area contributed by atoms with Gasteiger partial charge in [-0.2, -0.15) is 0 Å². The highest BCUT2D eigenvalue weighted by Gasteiger charge is 2.37. The first kappa shape index (κ1) is 14.1. The highest BCUT2D eigenvalue weighted by molar-refractivity contribution is 5.89. The minimum absolute atomic E-state index is 0.0960. The van der Waals surface area contributed by atoms with Crippen molar-refractivity contribution in [3.63, 3.8) is 0 Å². The van der Waals surface area contributed by atoms with Gasteiger partial charge in [-0.1, -0.05) is 18.2 Å². The van der Waals surface area contributed by atoms with Crippen molar-refractivity contribution in [2.24, 2.45) is 0 Å². The van der Waals surface area contributed by atoms with Gasteiger partial charge in [-0.15, -0.1) is 0 Å². The second-order valence-corrected chi connectivity index (χ2v) is 5.98. The van der Waals surface area contributed by atoms with Gasteiger partial charge in [-0.25, -0.2) is 0 Å². The lowest BCUT2D eigenvalue weighted by atomic mass is 9.83. The first-order chi connectivity index (χ1) is 11.3. The minimum atomic E-state index is -0.0960. The summed E-state index contributed by atoms with van der Waals surface area (Å²) in [5.41, 5.74) is 2.19. The van der Waals surface area contributed by atoms with E-state index in [1.807, 2.05) is 42.5 Å². The quantitative estimate of drug-likeness (QED) is 0.868. The van der Waals surface area contributed by atoms with E-state index in [9.17, 15) is 4.79 Å². The molecule has 0 bridgehead atoms. The van der Waals surface area contributed by atoms with E-state index in [0.29, 0.717) is 12.2 Å². The Hall–Kier alpha value is -2.49. The number of carbonyl (C=O) groups is 1. The van der Waals surface area contributed by atoms with Crippen molar-refractivity contribution in [1.82, 2.24) is 0 Å². The van der Waals surface area contributed by atoms with Crippen molar-refractivity contribution in [3.8, 4) is 17.2 Å². The molecule has 2 aliphatic rings. The molecule has 0 N–H and O–H groups in total. The van der Waals surface area contributed by atoms with E-state index in [1.165, 1.54) is 0 Å². The fourth-order valence-corrected chi connectivity index (χ4v) is 3.58. The lowest BCUT2D eigenvalue weighted by Gasteiger charge is -2.20. The Morgan fingerprint density at radius 2 is 1.74 bits per heavy atom. The van der Waals surface area contributed by atoms with Crippen LogP contribution in [-0.4, -0.2) is 19.7 Å². The van der Waals surface area contributed by atoms with Crippen molar-refractivity contribution in [1.29, 1.82) is 0 Å². The van der Waals surface area contributed by atoms with Crippen LogP contribution in [0.3, 0.4) is 0 Å². The number of hydrogen-bond acceptors (Lipinski definition) is 4. The molecule has 4 rings (SSSR count). The number of carbonyl (C=O) groups excluding carboxylic acids is 1. The largest absolute Gasteiger partial charge is 0.497 e. The van der Waals surface area contributed by atoms with Crippen LogP contribution in [-0.2, 0) is 4.79 Å². The zero-order valence-corrected chi connectivity index (χ0v) is 13.0. The molecule has 0 radical (unpaired) electrons. The van der Waals surface area contributed by atoms with Gasteiger partial charge in [-0.3, -0.25) is 4.79 Å². The Morgan fingerprint density at radius 3 is 2.52 bits per heavy atom. The molecule has 1 saturated carbocycles. The highest BCUT2D eigenvalue weighted by atomic mass is 16.7. The van der Waals surface area contributed by atoms with E-state index in [1.54, 1.807) is 7.11 Å². The maximum Gasteiger partial charge on any atom is 0.231 e. The molecule has 1 aliphatic carbocycles. The summed E-state index contributed by atoms with van der Waals surface area (Å²) in [7, 11) is 1.64. The van der Waals surface area contributed by atoms with Gasteiger partial charge in [0.05, 0.1) is 7.11 Å². The fraction of sp³-hybridized carbons (Fsp3) is 0.316. The normalized spacial score (nSPS) is 22.4. The summed E-state index contributed by atoms with van der Waals surface area (Å²) in [5, 5.41) is 0. The first-order valence-corrected chi connectivity index (χ1v) is 7.82. The summed E-state index contributed by atoms with van der Waals surface area (Å²) >= 11 is 0. The molecule has 0 aromatic heterocycles. The molecular weight excluding hydrogens is 292 g/mol. The maximum atomic E-state index is 12.5. The number of hydrogen-bond donors (Lipinski definition) is 0. The zero-order chi connectivity index (χ0) is 15.8. The van der Waals surface area contributed by atoms with Crippen LogP contribution in [0.25, 0.3) is 0 Å². The predicted octanol–water partition coefficient (Wildman–Crippen LogP) is 3.65. The third-order valence-electron chi connectivity index (χ3n) is 4.75.